The number of ether oxygens (including phenoxy) is 1. The highest BCUT2D eigenvalue weighted by Gasteiger charge is 2.07. The van der Waals surface area contributed by atoms with E-state index in [2.05, 4.69) is 20.1 Å². The molecule has 7 nitrogen and oxygen atoms in total. The van der Waals surface area contributed by atoms with Crippen molar-refractivity contribution in [3.63, 3.8) is 0 Å². The second-order valence-corrected chi connectivity index (χ2v) is 3.53. The molecule has 0 spiro atoms. The molecule has 0 saturated heterocycles. The molecule has 7 heteroatoms. The number of nitrogens with zero attached hydrogens (tertiary/aromatic N) is 5. The summed E-state index contributed by atoms with van der Waals surface area (Å²) in [7, 11) is 0. The van der Waals surface area contributed by atoms with Crippen LogP contribution >= 0.6 is 0 Å². The lowest BCUT2D eigenvalue weighted by Crippen LogP contribution is -2.09. The molecule has 0 fully saturated rings. The molecule has 0 aliphatic rings. The molecule has 2 aromatic heterocycles. The normalized spacial score (nSPS) is 10.5. The quantitative estimate of drug-likeness (QED) is 0.838. The molecule has 0 aliphatic heterocycles. The van der Waals surface area contributed by atoms with Crippen molar-refractivity contribution in [1.82, 2.24) is 24.7 Å². The first-order valence-electron chi connectivity index (χ1n) is 5.36. The summed E-state index contributed by atoms with van der Waals surface area (Å²) in [6, 6.07) is 2.08. The number of anilines is 1. The zero-order valence-corrected chi connectivity index (χ0v) is 9.79. The number of nitrogens with two attached hydrogens (primary N) is 1. The fraction of sp³-hybridized carbons (Fsp3) is 0.400. The van der Waals surface area contributed by atoms with Crippen molar-refractivity contribution >= 4 is 5.95 Å². The van der Waals surface area contributed by atoms with Gasteiger partial charge in [-0.3, -0.25) is 0 Å². The van der Waals surface area contributed by atoms with Crippen molar-refractivity contribution in [2.75, 3.05) is 12.3 Å². The molecule has 0 radical (unpaired) electrons. The zero-order valence-electron chi connectivity index (χ0n) is 9.79. The van der Waals surface area contributed by atoms with Crippen LogP contribution in [-0.4, -0.2) is 31.3 Å². The summed E-state index contributed by atoms with van der Waals surface area (Å²) in [5, 5.41) is 4.20. The van der Waals surface area contributed by atoms with Crippen LogP contribution in [0, 0.1) is 6.92 Å². The lowest BCUT2D eigenvalue weighted by Gasteiger charge is -2.05. The van der Waals surface area contributed by atoms with E-state index in [-0.39, 0.29) is 12.0 Å². The van der Waals surface area contributed by atoms with E-state index in [9.17, 15) is 0 Å². The van der Waals surface area contributed by atoms with Crippen LogP contribution in [0.5, 0.6) is 6.01 Å². The van der Waals surface area contributed by atoms with Gasteiger partial charge in [0.15, 0.2) is 0 Å². The molecule has 2 heterocycles. The van der Waals surface area contributed by atoms with E-state index in [0.29, 0.717) is 12.6 Å². The molecule has 17 heavy (non-hydrogen) atoms. The Morgan fingerprint density at radius 3 is 2.82 bits per heavy atom. The Bertz CT molecular complexity index is 509. The monoisotopic (exact) mass is 234 g/mol. The van der Waals surface area contributed by atoms with E-state index in [1.165, 1.54) is 4.68 Å². The van der Waals surface area contributed by atoms with E-state index >= 15 is 0 Å². The molecule has 0 saturated carbocycles. The van der Waals surface area contributed by atoms with E-state index in [1.54, 1.807) is 6.20 Å². The fourth-order valence-electron chi connectivity index (χ4n) is 1.25. The van der Waals surface area contributed by atoms with Crippen molar-refractivity contribution in [3.8, 4) is 12.0 Å². The van der Waals surface area contributed by atoms with Crippen LogP contribution in [0.1, 0.15) is 19.0 Å². The molecule has 2 aromatic rings. The molecule has 0 aromatic carbocycles. The Hall–Kier alpha value is -2.18. The Morgan fingerprint density at radius 1 is 1.35 bits per heavy atom. The average Bonchev–Trinajstić information content (AvgIpc) is 2.72. The second-order valence-electron chi connectivity index (χ2n) is 3.53. The Kier molecular flexibility index (Phi) is 3.17. The highest BCUT2D eigenvalue weighted by molar-refractivity contribution is 5.24. The summed E-state index contributed by atoms with van der Waals surface area (Å²) >= 11 is 0. The van der Waals surface area contributed by atoms with Gasteiger partial charge in [-0.15, -0.1) is 0 Å². The Labute approximate surface area is 98.7 Å². The minimum atomic E-state index is 0.120. The summed E-state index contributed by atoms with van der Waals surface area (Å²) in [6.07, 6.45) is 2.63. The third-order valence-corrected chi connectivity index (χ3v) is 1.98. The number of aromatic nitrogens is 5. The third kappa shape index (κ3) is 2.68. The van der Waals surface area contributed by atoms with Crippen molar-refractivity contribution in [3.05, 3.63) is 18.0 Å². The smallest absolute Gasteiger partial charge is 0.323 e. The van der Waals surface area contributed by atoms with Crippen molar-refractivity contribution in [2.45, 2.75) is 20.3 Å². The molecule has 2 N–H and O–H groups in total. The Morgan fingerprint density at radius 2 is 2.18 bits per heavy atom. The van der Waals surface area contributed by atoms with Crippen LogP contribution in [0.25, 0.3) is 5.95 Å². The predicted octanol–water partition coefficient (Wildman–Crippen LogP) is 0.737. The van der Waals surface area contributed by atoms with Crippen LogP contribution < -0.4 is 10.5 Å². The summed E-state index contributed by atoms with van der Waals surface area (Å²) in [6.45, 7) is 4.43. The first-order valence-corrected chi connectivity index (χ1v) is 5.36. The molecule has 90 valence electrons. The highest BCUT2D eigenvalue weighted by atomic mass is 16.5. The molecule has 0 unspecified atom stereocenters. The van der Waals surface area contributed by atoms with Crippen molar-refractivity contribution in [2.24, 2.45) is 0 Å². The highest BCUT2D eigenvalue weighted by Crippen LogP contribution is 2.09. The molecule has 0 bridgehead atoms. The minimum Gasteiger partial charge on any atom is -0.463 e. The van der Waals surface area contributed by atoms with Crippen LogP contribution in [0.2, 0.25) is 0 Å². The van der Waals surface area contributed by atoms with E-state index < -0.39 is 0 Å². The fourth-order valence-corrected chi connectivity index (χ4v) is 1.25. The number of hydrogen-bond donors (Lipinski definition) is 1. The van der Waals surface area contributed by atoms with Crippen LogP contribution in [-0.2, 0) is 0 Å². The van der Waals surface area contributed by atoms with Crippen LogP contribution in [0.15, 0.2) is 12.3 Å². The van der Waals surface area contributed by atoms with Gasteiger partial charge in [-0.1, -0.05) is 6.92 Å². The van der Waals surface area contributed by atoms with Gasteiger partial charge in [0.05, 0.1) is 12.3 Å². The SMILES string of the molecule is CCCOc1nc(N)nc(-n2ccc(C)n2)n1. The molecule has 0 atom stereocenters. The summed E-state index contributed by atoms with van der Waals surface area (Å²) in [4.78, 5) is 12.0. The van der Waals surface area contributed by atoms with Crippen LogP contribution in [0.4, 0.5) is 5.95 Å². The first-order chi connectivity index (χ1) is 8.19. The topological polar surface area (TPSA) is 91.7 Å². The Balaban J connectivity index is 2.31. The maximum atomic E-state index is 5.59. The van der Waals surface area contributed by atoms with Gasteiger partial charge in [0.25, 0.3) is 5.95 Å². The predicted molar refractivity (Wildman–Crippen MR) is 61.9 cm³/mol. The summed E-state index contributed by atoms with van der Waals surface area (Å²) < 4.78 is 6.86. The van der Waals surface area contributed by atoms with Gasteiger partial charge < -0.3 is 10.5 Å². The largest absolute Gasteiger partial charge is 0.463 e. The minimum absolute atomic E-state index is 0.120. The van der Waals surface area contributed by atoms with Gasteiger partial charge in [-0.05, 0) is 19.4 Å². The molecule has 0 amide bonds. The zero-order chi connectivity index (χ0) is 12.3. The number of rotatable bonds is 4. The molecular weight excluding hydrogens is 220 g/mol. The van der Waals surface area contributed by atoms with Crippen LogP contribution in [0.3, 0.4) is 0 Å². The van der Waals surface area contributed by atoms with E-state index in [1.807, 2.05) is 19.9 Å². The summed E-state index contributed by atoms with van der Waals surface area (Å²) in [5.41, 5.74) is 6.47. The van der Waals surface area contributed by atoms with Gasteiger partial charge in [0, 0.05) is 6.20 Å². The van der Waals surface area contributed by atoms with Gasteiger partial charge in [-0.25, -0.2) is 4.68 Å². The first kappa shape index (κ1) is 11.3. The van der Waals surface area contributed by atoms with Gasteiger partial charge in [0.2, 0.25) is 5.95 Å². The number of nitrogen functional groups attached to an aromatic ring is 1. The maximum Gasteiger partial charge on any atom is 0.323 e. The number of aryl methyl sites for hydroxylation is 1. The lowest BCUT2D eigenvalue weighted by molar-refractivity contribution is 0.291. The third-order valence-electron chi connectivity index (χ3n) is 1.98. The van der Waals surface area contributed by atoms with Crippen molar-refractivity contribution < 1.29 is 4.74 Å². The number of hydrogen-bond acceptors (Lipinski definition) is 6. The maximum absolute atomic E-state index is 5.59. The van der Waals surface area contributed by atoms with Gasteiger partial charge in [0.1, 0.15) is 0 Å². The molecule has 2 rings (SSSR count). The van der Waals surface area contributed by atoms with Gasteiger partial charge in [-0.2, -0.15) is 20.1 Å². The molecular formula is C10H14N6O. The van der Waals surface area contributed by atoms with E-state index in [4.69, 9.17) is 10.5 Å². The molecule has 0 aliphatic carbocycles. The van der Waals surface area contributed by atoms with E-state index in [0.717, 1.165) is 12.1 Å². The average molecular weight is 234 g/mol. The lowest BCUT2D eigenvalue weighted by atomic mass is 10.5. The second kappa shape index (κ2) is 4.77. The van der Waals surface area contributed by atoms with Crippen molar-refractivity contribution in [1.29, 1.82) is 0 Å². The summed E-state index contributed by atoms with van der Waals surface area (Å²) in [5.74, 6) is 0.478. The van der Waals surface area contributed by atoms with Gasteiger partial charge >= 0.3 is 6.01 Å². The standard InChI is InChI=1S/C10H14N6O/c1-3-6-17-10-13-8(11)12-9(14-10)16-5-4-7(2)15-16/h4-5H,3,6H2,1-2H3,(H2,11,12,13,14).